The van der Waals surface area contributed by atoms with Crippen molar-refractivity contribution in [3.63, 3.8) is 0 Å². The number of nitrogens with zero attached hydrogens (tertiary/aromatic N) is 1. The molecule has 0 spiro atoms. The Labute approximate surface area is 84.3 Å². The molecule has 5 heteroatoms. The minimum Gasteiger partial charge on any atom is -0.481 e. The van der Waals surface area contributed by atoms with Gasteiger partial charge in [-0.1, -0.05) is 16.9 Å². The van der Waals surface area contributed by atoms with Gasteiger partial charge >= 0.3 is 5.97 Å². The van der Waals surface area contributed by atoms with E-state index in [4.69, 9.17) is 5.11 Å². The number of hydrogen-bond acceptors (Lipinski definition) is 4. The van der Waals surface area contributed by atoms with E-state index in [0.29, 0.717) is 5.75 Å². The van der Waals surface area contributed by atoms with Crippen LogP contribution in [0.15, 0.2) is 29.4 Å². The average molecular weight is 215 g/mol. The molecule has 0 amide bonds. The molecule has 13 heavy (non-hydrogen) atoms. The van der Waals surface area contributed by atoms with E-state index in [2.05, 4.69) is 4.98 Å². The first-order valence-corrected chi connectivity index (χ1v) is 6.03. The summed E-state index contributed by atoms with van der Waals surface area (Å²) in [6, 6.07) is 5.66. The second kappa shape index (κ2) is 5.88. The highest BCUT2D eigenvalue weighted by atomic mass is 33.1. The van der Waals surface area contributed by atoms with Gasteiger partial charge in [0.2, 0.25) is 0 Å². The first-order valence-electron chi connectivity index (χ1n) is 3.71. The Kier molecular flexibility index (Phi) is 4.70. The number of carbonyl (C=O) groups is 1. The molecule has 0 fully saturated rings. The maximum Gasteiger partial charge on any atom is 0.304 e. The summed E-state index contributed by atoms with van der Waals surface area (Å²) in [6.07, 6.45) is 1.92. The van der Waals surface area contributed by atoms with E-state index < -0.39 is 5.97 Å². The van der Waals surface area contributed by atoms with Crippen LogP contribution in [0.4, 0.5) is 0 Å². The van der Waals surface area contributed by atoms with E-state index in [1.807, 2.05) is 18.2 Å². The van der Waals surface area contributed by atoms with Gasteiger partial charge in [0.1, 0.15) is 5.03 Å². The van der Waals surface area contributed by atoms with Crippen molar-refractivity contribution in [3.8, 4) is 0 Å². The normalized spacial score (nSPS) is 9.85. The smallest absolute Gasteiger partial charge is 0.304 e. The fourth-order valence-electron chi connectivity index (χ4n) is 0.627. The van der Waals surface area contributed by atoms with Crippen LogP contribution in [0.2, 0.25) is 0 Å². The summed E-state index contributed by atoms with van der Waals surface area (Å²) in [5, 5.41) is 9.29. The molecule has 0 saturated heterocycles. The predicted molar refractivity (Wildman–Crippen MR) is 54.8 cm³/mol. The van der Waals surface area contributed by atoms with Gasteiger partial charge in [0.05, 0.1) is 6.42 Å². The summed E-state index contributed by atoms with van der Waals surface area (Å²) >= 11 is 0. The molecule has 1 heterocycles. The molecule has 1 aromatic heterocycles. The van der Waals surface area contributed by atoms with Gasteiger partial charge in [0, 0.05) is 11.9 Å². The van der Waals surface area contributed by atoms with Crippen molar-refractivity contribution < 1.29 is 9.90 Å². The van der Waals surface area contributed by atoms with E-state index in [-0.39, 0.29) is 6.42 Å². The van der Waals surface area contributed by atoms with E-state index in [0.717, 1.165) is 5.03 Å². The minimum absolute atomic E-state index is 0.199. The number of hydrogen-bond donors (Lipinski definition) is 1. The quantitative estimate of drug-likeness (QED) is 0.603. The van der Waals surface area contributed by atoms with Crippen molar-refractivity contribution in [2.24, 2.45) is 0 Å². The SMILES string of the molecule is O=C(O)CCSSc1ccccn1. The van der Waals surface area contributed by atoms with Crippen LogP contribution < -0.4 is 0 Å². The maximum absolute atomic E-state index is 10.2. The van der Waals surface area contributed by atoms with Crippen molar-refractivity contribution in [2.75, 3.05) is 5.75 Å². The lowest BCUT2D eigenvalue weighted by Crippen LogP contribution is -1.94. The van der Waals surface area contributed by atoms with Gasteiger partial charge in [-0.25, -0.2) is 4.98 Å². The van der Waals surface area contributed by atoms with Gasteiger partial charge in [0.25, 0.3) is 0 Å². The Hall–Kier alpha value is -0.680. The summed E-state index contributed by atoms with van der Waals surface area (Å²) in [7, 11) is 3.01. The number of carboxylic acids is 1. The molecule has 0 aliphatic rings. The van der Waals surface area contributed by atoms with Crippen molar-refractivity contribution in [2.45, 2.75) is 11.4 Å². The van der Waals surface area contributed by atoms with Crippen molar-refractivity contribution in [1.82, 2.24) is 4.98 Å². The predicted octanol–water partition coefficient (Wildman–Crippen LogP) is 2.30. The molecule has 0 radical (unpaired) electrons. The van der Waals surface area contributed by atoms with E-state index in [1.54, 1.807) is 6.20 Å². The van der Waals surface area contributed by atoms with Crippen LogP contribution in [0, 0.1) is 0 Å². The van der Waals surface area contributed by atoms with E-state index >= 15 is 0 Å². The Balaban J connectivity index is 2.17. The maximum atomic E-state index is 10.2. The van der Waals surface area contributed by atoms with Gasteiger partial charge in [0.15, 0.2) is 0 Å². The van der Waals surface area contributed by atoms with Crippen LogP contribution in [0.3, 0.4) is 0 Å². The zero-order chi connectivity index (χ0) is 9.52. The monoisotopic (exact) mass is 215 g/mol. The molecular formula is C8H9NO2S2. The summed E-state index contributed by atoms with van der Waals surface area (Å²) < 4.78 is 0. The minimum atomic E-state index is -0.755. The molecule has 0 aromatic carbocycles. The molecule has 0 aliphatic heterocycles. The lowest BCUT2D eigenvalue weighted by molar-refractivity contribution is -0.136. The molecule has 0 bridgehead atoms. The third-order valence-electron chi connectivity index (χ3n) is 1.18. The lowest BCUT2D eigenvalue weighted by atomic mass is 10.5. The molecule has 3 nitrogen and oxygen atoms in total. The molecule has 1 N–H and O–H groups in total. The largest absolute Gasteiger partial charge is 0.481 e. The van der Waals surface area contributed by atoms with Gasteiger partial charge in [-0.2, -0.15) is 0 Å². The summed E-state index contributed by atoms with van der Waals surface area (Å²) in [5.74, 6) is -0.148. The first kappa shape index (κ1) is 10.4. The van der Waals surface area contributed by atoms with Crippen LogP contribution in [0.5, 0.6) is 0 Å². The van der Waals surface area contributed by atoms with Gasteiger partial charge in [-0.15, -0.1) is 0 Å². The third-order valence-corrected chi connectivity index (χ3v) is 3.45. The first-order chi connectivity index (χ1) is 6.29. The molecule has 0 atom stereocenters. The molecule has 0 aliphatic carbocycles. The van der Waals surface area contributed by atoms with Crippen LogP contribution >= 0.6 is 21.6 Å². The summed E-state index contributed by atoms with van der Waals surface area (Å²) in [6.45, 7) is 0. The molecule has 70 valence electrons. The zero-order valence-corrected chi connectivity index (χ0v) is 8.48. The molecule has 0 unspecified atom stereocenters. The Bertz CT molecular complexity index is 266. The van der Waals surface area contributed by atoms with Crippen LogP contribution in [0.1, 0.15) is 6.42 Å². The second-order valence-corrected chi connectivity index (χ2v) is 4.65. The standard InChI is InChI=1S/C8H9NO2S2/c10-8(11)4-6-12-13-7-3-1-2-5-9-7/h1-3,5H,4,6H2,(H,10,11). The van der Waals surface area contributed by atoms with Crippen LogP contribution in [-0.2, 0) is 4.79 Å². The fourth-order valence-corrected chi connectivity index (χ4v) is 2.49. The average Bonchev–Trinajstić information content (AvgIpc) is 2.14. The molecule has 1 rings (SSSR count). The fraction of sp³-hybridized carbons (Fsp3) is 0.250. The molecule has 1 aromatic rings. The summed E-state index contributed by atoms with van der Waals surface area (Å²) in [4.78, 5) is 14.3. The van der Waals surface area contributed by atoms with Crippen molar-refractivity contribution in [1.29, 1.82) is 0 Å². The number of pyridine rings is 1. The number of aliphatic carboxylic acids is 1. The number of aromatic nitrogens is 1. The highest BCUT2D eigenvalue weighted by molar-refractivity contribution is 8.76. The molecular weight excluding hydrogens is 206 g/mol. The van der Waals surface area contributed by atoms with Crippen molar-refractivity contribution in [3.05, 3.63) is 24.4 Å². The molecule has 0 saturated carbocycles. The van der Waals surface area contributed by atoms with Gasteiger partial charge in [-0.3, -0.25) is 4.79 Å². The zero-order valence-electron chi connectivity index (χ0n) is 6.84. The topological polar surface area (TPSA) is 50.2 Å². The highest BCUT2D eigenvalue weighted by Crippen LogP contribution is 2.29. The van der Waals surface area contributed by atoms with E-state index in [9.17, 15) is 4.79 Å². The Morgan fingerprint density at radius 3 is 3.00 bits per heavy atom. The highest BCUT2D eigenvalue weighted by Gasteiger charge is 1.98. The van der Waals surface area contributed by atoms with Crippen LogP contribution in [-0.4, -0.2) is 21.8 Å². The third kappa shape index (κ3) is 4.80. The Morgan fingerprint density at radius 1 is 1.54 bits per heavy atom. The lowest BCUT2D eigenvalue weighted by Gasteiger charge is -1.97. The van der Waals surface area contributed by atoms with Gasteiger partial charge < -0.3 is 5.11 Å². The van der Waals surface area contributed by atoms with Crippen molar-refractivity contribution >= 4 is 27.6 Å². The number of carboxylic acid groups (broad SMARTS) is 1. The van der Waals surface area contributed by atoms with Crippen LogP contribution in [0.25, 0.3) is 0 Å². The second-order valence-electron chi connectivity index (χ2n) is 2.22. The number of rotatable bonds is 5. The van der Waals surface area contributed by atoms with Gasteiger partial charge in [-0.05, 0) is 22.9 Å². The van der Waals surface area contributed by atoms with E-state index in [1.165, 1.54) is 21.6 Å². The summed E-state index contributed by atoms with van der Waals surface area (Å²) in [5.41, 5.74) is 0. The Morgan fingerprint density at radius 2 is 2.38 bits per heavy atom.